The number of benzene rings is 1. The average Bonchev–Trinajstić information content (AvgIpc) is 2.19. The highest BCUT2D eigenvalue weighted by Gasteiger charge is 1.91. The molecule has 0 atom stereocenters. The van der Waals surface area contributed by atoms with Crippen molar-refractivity contribution in [3.8, 4) is 0 Å². The Kier molecular flexibility index (Phi) is 3.73. The zero-order valence-corrected chi connectivity index (χ0v) is 7.16. The minimum atomic E-state index is -0.299. The number of amides is 1. The molecule has 0 aromatic heterocycles. The molecule has 0 heterocycles. The van der Waals surface area contributed by atoms with E-state index in [9.17, 15) is 4.79 Å². The van der Waals surface area contributed by atoms with E-state index in [1.54, 1.807) is 6.08 Å². The summed E-state index contributed by atoms with van der Waals surface area (Å²) in [6.45, 7) is 0. The number of hydrogen-bond acceptors (Lipinski definition) is 1. The summed E-state index contributed by atoms with van der Waals surface area (Å²) in [7, 11) is 0. The quantitative estimate of drug-likeness (QED) is 0.694. The van der Waals surface area contributed by atoms with Gasteiger partial charge in [-0.1, -0.05) is 42.5 Å². The summed E-state index contributed by atoms with van der Waals surface area (Å²) in [4.78, 5) is 10.7. The van der Waals surface area contributed by atoms with Gasteiger partial charge < -0.3 is 0 Å². The molecule has 0 unspecified atom stereocenters. The lowest BCUT2D eigenvalue weighted by atomic mass is 10.2. The van der Waals surface area contributed by atoms with E-state index in [1.165, 1.54) is 0 Å². The Labute approximate surface area is 77.2 Å². The highest BCUT2D eigenvalue weighted by atomic mass is 16.2. The predicted molar refractivity (Wildman–Crippen MR) is 51.3 cm³/mol. The van der Waals surface area contributed by atoms with Crippen molar-refractivity contribution in [2.24, 2.45) is 0 Å². The number of carbonyl (C=O) groups is 1. The molecular weight excluding hydrogens is 164 g/mol. The van der Waals surface area contributed by atoms with Gasteiger partial charge in [-0.05, 0) is 5.56 Å². The van der Waals surface area contributed by atoms with E-state index in [4.69, 9.17) is 5.84 Å². The van der Waals surface area contributed by atoms with Gasteiger partial charge in [0.05, 0.1) is 0 Å². The molecule has 0 saturated carbocycles. The van der Waals surface area contributed by atoms with Crippen LogP contribution in [0, 0.1) is 0 Å². The van der Waals surface area contributed by atoms with Gasteiger partial charge in [-0.15, -0.1) is 0 Å². The van der Waals surface area contributed by atoms with Gasteiger partial charge in [0, 0.05) is 6.42 Å². The molecule has 67 valence electrons. The molecule has 2 N–H and O–H groups in total. The van der Waals surface area contributed by atoms with Gasteiger partial charge in [0.15, 0.2) is 0 Å². The Morgan fingerprint density at radius 2 is 2.08 bits per heavy atom. The molecule has 13 heavy (non-hydrogen) atoms. The number of nitrogens with one attached hydrogen (secondary N) is 2. The molecule has 0 aliphatic carbocycles. The number of rotatable bonds is 3. The maximum atomic E-state index is 10.7. The zero-order valence-electron chi connectivity index (χ0n) is 7.16. The van der Waals surface area contributed by atoms with Crippen LogP contribution in [0.4, 0.5) is 0 Å². The summed E-state index contributed by atoms with van der Waals surface area (Å²) >= 11 is 0. The van der Waals surface area contributed by atoms with Gasteiger partial charge in [0.25, 0.3) is 0 Å². The molecule has 0 aliphatic rings. The van der Waals surface area contributed by atoms with Crippen LogP contribution in [-0.2, 0) is 4.79 Å². The predicted octanol–water partition coefficient (Wildman–Crippen LogP) is 1.40. The summed E-state index contributed by atoms with van der Waals surface area (Å²) in [6, 6.07) is 9.71. The normalized spacial score (nSPS) is 10.2. The van der Waals surface area contributed by atoms with E-state index >= 15 is 0 Å². The fourth-order valence-electron chi connectivity index (χ4n) is 0.917. The zero-order chi connectivity index (χ0) is 9.52. The van der Waals surface area contributed by atoms with Crippen molar-refractivity contribution in [1.29, 1.82) is 0 Å². The Bertz CT molecular complexity index is 293. The van der Waals surface area contributed by atoms with Crippen LogP contribution < -0.4 is 11.3 Å². The van der Waals surface area contributed by atoms with E-state index in [0.29, 0.717) is 0 Å². The number of carbonyl (C=O) groups excluding carboxylic acids is 1. The first kappa shape index (κ1) is 9.48. The van der Waals surface area contributed by atoms with Gasteiger partial charge in [-0.2, -0.15) is 5.84 Å². The van der Waals surface area contributed by atoms with Gasteiger partial charge in [0.2, 0.25) is 5.91 Å². The molecule has 1 rings (SSSR count). The lowest BCUT2D eigenvalue weighted by Gasteiger charge is -1.92. The Hall–Kier alpha value is -1.61. The van der Waals surface area contributed by atoms with Crippen LogP contribution in [0.2, 0.25) is 0 Å². The topological polar surface area (TPSA) is 52.9 Å². The lowest BCUT2D eigenvalue weighted by molar-refractivity contribution is -0.120. The van der Waals surface area contributed by atoms with Gasteiger partial charge >= 0.3 is 0 Å². The molecule has 3 nitrogen and oxygen atoms in total. The van der Waals surface area contributed by atoms with Crippen molar-refractivity contribution in [1.82, 2.24) is 11.3 Å². The summed E-state index contributed by atoms with van der Waals surface area (Å²) in [5.41, 5.74) is 2.87. The molecule has 0 aliphatic heterocycles. The fourth-order valence-corrected chi connectivity index (χ4v) is 0.917. The standard InChI is InChI=1S/C10H11N2O/c11-12-10(13)8-4-7-9-5-2-1-3-6-9/h1-7,11H,8H2,(H,12,13). The number of hydrogen-bond donors (Lipinski definition) is 1. The smallest absolute Gasteiger partial charge is 0.239 e. The van der Waals surface area contributed by atoms with Crippen molar-refractivity contribution in [2.45, 2.75) is 6.42 Å². The fraction of sp³-hybridized carbons (Fsp3) is 0.100. The minimum Gasteiger partial charge on any atom is -0.276 e. The van der Waals surface area contributed by atoms with Gasteiger partial charge in [-0.25, -0.2) is 0 Å². The van der Waals surface area contributed by atoms with Crippen molar-refractivity contribution in [3.63, 3.8) is 0 Å². The van der Waals surface area contributed by atoms with Crippen molar-refractivity contribution in [2.75, 3.05) is 0 Å². The third-order valence-corrected chi connectivity index (χ3v) is 1.55. The maximum Gasteiger partial charge on any atom is 0.239 e. The molecule has 0 saturated heterocycles. The van der Waals surface area contributed by atoms with E-state index in [0.717, 1.165) is 5.56 Å². The van der Waals surface area contributed by atoms with Gasteiger partial charge in [-0.3, -0.25) is 10.2 Å². The Morgan fingerprint density at radius 3 is 2.69 bits per heavy atom. The molecule has 0 bridgehead atoms. The Balaban J connectivity index is 2.45. The van der Waals surface area contributed by atoms with Crippen LogP contribution in [0.15, 0.2) is 36.4 Å². The molecule has 3 heteroatoms. The van der Waals surface area contributed by atoms with Crippen LogP contribution in [0.25, 0.3) is 6.08 Å². The molecule has 0 spiro atoms. The first-order chi connectivity index (χ1) is 6.33. The molecule has 1 aromatic rings. The second kappa shape index (κ2) is 5.11. The van der Waals surface area contributed by atoms with Crippen LogP contribution in [0.5, 0.6) is 0 Å². The van der Waals surface area contributed by atoms with Crippen LogP contribution in [0.1, 0.15) is 12.0 Å². The van der Waals surface area contributed by atoms with Crippen molar-refractivity contribution < 1.29 is 4.79 Å². The SMILES string of the molecule is [NH]NC(=O)CC=Cc1ccccc1. The monoisotopic (exact) mass is 175 g/mol. The van der Waals surface area contributed by atoms with Crippen molar-refractivity contribution >= 4 is 12.0 Å². The Morgan fingerprint density at radius 1 is 1.38 bits per heavy atom. The third-order valence-electron chi connectivity index (χ3n) is 1.55. The van der Waals surface area contributed by atoms with E-state index in [1.807, 2.05) is 41.8 Å². The molecule has 0 fully saturated rings. The molecule has 1 aromatic carbocycles. The van der Waals surface area contributed by atoms with Gasteiger partial charge in [0.1, 0.15) is 0 Å². The lowest BCUT2D eigenvalue weighted by Crippen LogP contribution is -2.19. The van der Waals surface area contributed by atoms with Crippen LogP contribution in [0.3, 0.4) is 0 Å². The first-order valence-electron chi connectivity index (χ1n) is 4.00. The first-order valence-corrected chi connectivity index (χ1v) is 4.00. The molecule has 1 radical (unpaired) electrons. The maximum absolute atomic E-state index is 10.7. The van der Waals surface area contributed by atoms with E-state index in [2.05, 4.69) is 0 Å². The summed E-state index contributed by atoms with van der Waals surface area (Å²) < 4.78 is 0. The summed E-state index contributed by atoms with van der Waals surface area (Å²) in [5, 5.41) is 0. The highest BCUT2D eigenvalue weighted by molar-refractivity contribution is 5.77. The molecule has 1 amide bonds. The highest BCUT2D eigenvalue weighted by Crippen LogP contribution is 2.01. The third kappa shape index (κ3) is 3.53. The summed E-state index contributed by atoms with van der Waals surface area (Å²) in [6.07, 6.45) is 3.84. The summed E-state index contributed by atoms with van der Waals surface area (Å²) in [5.74, 6) is 6.26. The van der Waals surface area contributed by atoms with Crippen LogP contribution in [-0.4, -0.2) is 5.91 Å². The van der Waals surface area contributed by atoms with Crippen molar-refractivity contribution in [3.05, 3.63) is 42.0 Å². The largest absolute Gasteiger partial charge is 0.276 e. The second-order valence-electron chi connectivity index (χ2n) is 2.57. The van der Waals surface area contributed by atoms with E-state index in [-0.39, 0.29) is 12.3 Å². The second-order valence-corrected chi connectivity index (χ2v) is 2.57. The molecular formula is C10H11N2O. The van der Waals surface area contributed by atoms with Crippen LogP contribution >= 0.6 is 0 Å². The average molecular weight is 175 g/mol. The minimum absolute atomic E-state index is 0.248. The van der Waals surface area contributed by atoms with E-state index < -0.39 is 0 Å².